The summed E-state index contributed by atoms with van der Waals surface area (Å²) in [5.41, 5.74) is 5.54. The van der Waals surface area contributed by atoms with E-state index in [4.69, 9.17) is 10.5 Å². The Morgan fingerprint density at radius 2 is 2.09 bits per heavy atom. The fraction of sp³-hybridized carbons (Fsp3) is 0.467. The number of rotatable bonds is 5. The molecule has 0 saturated carbocycles. The zero-order valence-electron chi connectivity index (χ0n) is 13.1. The fourth-order valence-corrected chi connectivity index (χ4v) is 4.67. The number of carbonyl (C=O) groups is 2. The maximum Gasteiger partial charge on any atom is 0.258 e. The third kappa shape index (κ3) is 4.44. The predicted molar refractivity (Wildman–Crippen MR) is 85.0 cm³/mol. The van der Waals surface area contributed by atoms with Crippen molar-refractivity contribution in [2.45, 2.75) is 25.8 Å². The van der Waals surface area contributed by atoms with Crippen LogP contribution in [0.15, 0.2) is 18.2 Å². The van der Waals surface area contributed by atoms with Crippen molar-refractivity contribution in [3.05, 3.63) is 29.3 Å². The summed E-state index contributed by atoms with van der Waals surface area (Å²) in [7, 11) is -3.11. The molecule has 1 unspecified atom stereocenters. The van der Waals surface area contributed by atoms with Crippen molar-refractivity contribution in [3.63, 3.8) is 0 Å². The van der Waals surface area contributed by atoms with Crippen LogP contribution in [0.3, 0.4) is 0 Å². The van der Waals surface area contributed by atoms with Gasteiger partial charge in [0, 0.05) is 0 Å². The summed E-state index contributed by atoms with van der Waals surface area (Å²) in [5.74, 6) is -0.871. The zero-order valence-corrected chi connectivity index (χ0v) is 13.9. The summed E-state index contributed by atoms with van der Waals surface area (Å²) in [6.45, 7) is 3.19. The van der Waals surface area contributed by atoms with E-state index in [-0.39, 0.29) is 29.4 Å². The Morgan fingerprint density at radius 3 is 2.65 bits per heavy atom. The fourth-order valence-electron chi connectivity index (χ4n) is 2.58. The lowest BCUT2D eigenvalue weighted by Crippen LogP contribution is -2.48. The average molecular weight is 340 g/mol. The molecule has 1 heterocycles. The number of benzene rings is 1. The van der Waals surface area contributed by atoms with Gasteiger partial charge in [-0.15, -0.1) is 0 Å². The molecule has 1 aromatic rings. The number of ether oxygens (including phenoxy) is 1. The Balaban J connectivity index is 2.00. The van der Waals surface area contributed by atoms with E-state index in [2.05, 4.69) is 5.32 Å². The summed E-state index contributed by atoms with van der Waals surface area (Å²) < 4.78 is 28.4. The van der Waals surface area contributed by atoms with Gasteiger partial charge in [0.1, 0.15) is 5.75 Å². The summed E-state index contributed by atoms with van der Waals surface area (Å²) in [6.07, 6.45) is 0.373. The van der Waals surface area contributed by atoms with Gasteiger partial charge in [0.15, 0.2) is 16.4 Å². The third-order valence-electron chi connectivity index (χ3n) is 3.71. The van der Waals surface area contributed by atoms with Crippen molar-refractivity contribution in [3.8, 4) is 5.75 Å². The molecule has 1 aliphatic rings. The molecule has 2 rings (SSSR count). The molecule has 8 heteroatoms. The van der Waals surface area contributed by atoms with E-state index in [1.807, 2.05) is 6.92 Å². The van der Waals surface area contributed by atoms with Gasteiger partial charge in [-0.05, 0) is 38.0 Å². The highest BCUT2D eigenvalue weighted by molar-refractivity contribution is 7.91. The van der Waals surface area contributed by atoms with Crippen molar-refractivity contribution in [1.82, 2.24) is 5.32 Å². The predicted octanol–water partition coefficient (Wildman–Crippen LogP) is 0.166. The van der Waals surface area contributed by atoms with Crippen LogP contribution in [0.4, 0.5) is 0 Å². The molecule has 1 saturated heterocycles. The van der Waals surface area contributed by atoms with Crippen LogP contribution in [0.25, 0.3) is 0 Å². The van der Waals surface area contributed by atoms with Crippen molar-refractivity contribution < 1.29 is 22.7 Å². The van der Waals surface area contributed by atoms with Gasteiger partial charge >= 0.3 is 0 Å². The first-order valence-corrected chi connectivity index (χ1v) is 8.97. The van der Waals surface area contributed by atoms with Gasteiger partial charge in [-0.3, -0.25) is 9.59 Å². The smallest absolute Gasteiger partial charge is 0.258 e. The number of hydrogen-bond donors (Lipinski definition) is 2. The summed E-state index contributed by atoms with van der Waals surface area (Å²) in [6, 6.07) is 4.88. The highest BCUT2D eigenvalue weighted by atomic mass is 32.2. The highest BCUT2D eigenvalue weighted by Crippen LogP contribution is 2.23. The Bertz CT molecular complexity index is 744. The second kappa shape index (κ2) is 6.19. The third-order valence-corrected chi connectivity index (χ3v) is 5.61. The van der Waals surface area contributed by atoms with E-state index in [1.165, 1.54) is 6.07 Å². The topological polar surface area (TPSA) is 116 Å². The Hall–Kier alpha value is -2.09. The second-order valence-corrected chi connectivity index (χ2v) is 8.29. The number of primary amides is 1. The number of nitrogens with one attached hydrogen (secondary N) is 1. The molecule has 0 spiro atoms. The summed E-state index contributed by atoms with van der Waals surface area (Å²) >= 11 is 0. The van der Waals surface area contributed by atoms with Crippen LogP contribution >= 0.6 is 0 Å². The van der Waals surface area contributed by atoms with E-state index in [0.29, 0.717) is 6.42 Å². The molecule has 0 aliphatic carbocycles. The molecule has 7 nitrogen and oxygen atoms in total. The average Bonchev–Trinajstić information content (AvgIpc) is 2.69. The maximum atomic E-state index is 12.0. The van der Waals surface area contributed by atoms with Crippen molar-refractivity contribution >= 4 is 21.7 Å². The minimum absolute atomic E-state index is 0.0638. The van der Waals surface area contributed by atoms with Crippen LogP contribution in [0.2, 0.25) is 0 Å². The van der Waals surface area contributed by atoms with E-state index in [0.717, 1.165) is 5.56 Å². The van der Waals surface area contributed by atoms with Gasteiger partial charge in [-0.2, -0.15) is 0 Å². The van der Waals surface area contributed by atoms with Gasteiger partial charge in [-0.1, -0.05) is 6.07 Å². The van der Waals surface area contributed by atoms with Crippen LogP contribution in [-0.4, -0.2) is 43.9 Å². The SMILES string of the molecule is Cc1ccc(C(N)=O)c(OCC(=O)NC2(C)CCS(=O)(=O)C2)c1. The number of amides is 2. The van der Waals surface area contributed by atoms with Crippen LogP contribution in [0.5, 0.6) is 5.75 Å². The Labute approximate surface area is 135 Å². The summed E-state index contributed by atoms with van der Waals surface area (Å²) in [4.78, 5) is 23.4. The molecule has 1 fully saturated rings. The highest BCUT2D eigenvalue weighted by Gasteiger charge is 2.39. The van der Waals surface area contributed by atoms with Crippen molar-refractivity contribution in [2.24, 2.45) is 5.73 Å². The molecule has 0 radical (unpaired) electrons. The monoisotopic (exact) mass is 340 g/mol. The Morgan fingerprint density at radius 1 is 1.39 bits per heavy atom. The van der Waals surface area contributed by atoms with Crippen LogP contribution in [-0.2, 0) is 14.6 Å². The largest absolute Gasteiger partial charge is 0.483 e. The van der Waals surface area contributed by atoms with Gasteiger partial charge in [0.05, 0.1) is 22.6 Å². The second-order valence-electron chi connectivity index (χ2n) is 6.10. The van der Waals surface area contributed by atoms with Gasteiger partial charge in [-0.25, -0.2) is 8.42 Å². The van der Waals surface area contributed by atoms with Gasteiger partial charge < -0.3 is 15.8 Å². The number of sulfone groups is 1. The number of aryl methyl sites for hydroxylation is 1. The molecule has 3 N–H and O–H groups in total. The molecule has 0 bridgehead atoms. The molecule has 23 heavy (non-hydrogen) atoms. The zero-order chi connectivity index (χ0) is 17.3. The van der Waals surface area contributed by atoms with Gasteiger partial charge in [0.2, 0.25) is 0 Å². The molecule has 126 valence electrons. The number of nitrogens with two attached hydrogens (primary N) is 1. The first-order chi connectivity index (χ1) is 10.6. The van der Waals surface area contributed by atoms with Crippen LogP contribution in [0, 0.1) is 6.92 Å². The quantitative estimate of drug-likeness (QED) is 0.792. The first kappa shape index (κ1) is 17.3. The normalized spacial score (nSPS) is 22.5. The van der Waals surface area contributed by atoms with E-state index < -0.39 is 27.2 Å². The molecule has 0 aromatic heterocycles. The molecule has 1 aromatic carbocycles. The lowest BCUT2D eigenvalue weighted by Gasteiger charge is -2.24. The molecular formula is C15H20N2O5S. The van der Waals surface area contributed by atoms with E-state index in [1.54, 1.807) is 19.1 Å². The number of carbonyl (C=O) groups excluding carboxylic acids is 2. The van der Waals surface area contributed by atoms with Crippen molar-refractivity contribution in [2.75, 3.05) is 18.1 Å². The van der Waals surface area contributed by atoms with E-state index in [9.17, 15) is 18.0 Å². The van der Waals surface area contributed by atoms with Gasteiger partial charge in [0.25, 0.3) is 11.8 Å². The summed E-state index contributed by atoms with van der Waals surface area (Å²) in [5, 5.41) is 2.69. The lowest BCUT2D eigenvalue weighted by atomic mass is 10.0. The first-order valence-electron chi connectivity index (χ1n) is 7.15. The minimum atomic E-state index is -3.11. The van der Waals surface area contributed by atoms with Crippen LogP contribution < -0.4 is 15.8 Å². The molecule has 1 aliphatic heterocycles. The molecule has 2 amide bonds. The van der Waals surface area contributed by atoms with Crippen molar-refractivity contribution in [1.29, 1.82) is 0 Å². The maximum absolute atomic E-state index is 12.0. The lowest BCUT2D eigenvalue weighted by molar-refractivity contribution is -0.124. The number of hydrogen-bond acceptors (Lipinski definition) is 5. The standard InChI is InChI=1S/C15H20N2O5S/c1-10-3-4-11(14(16)19)12(7-10)22-8-13(18)17-15(2)5-6-23(20,21)9-15/h3-4,7H,5-6,8-9H2,1-2H3,(H2,16,19)(H,17,18). The molecular weight excluding hydrogens is 320 g/mol. The Kier molecular flexibility index (Phi) is 4.65. The van der Waals surface area contributed by atoms with E-state index >= 15 is 0 Å². The minimum Gasteiger partial charge on any atom is -0.483 e. The molecule has 1 atom stereocenters. The van der Waals surface area contributed by atoms with Crippen LogP contribution in [0.1, 0.15) is 29.3 Å².